The minimum atomic E-state index is -0.252. The lowest BCUT2D eigenvalue weighted by molar-refractivity contribution is -0.116. The fourth-order valence-electron chi connectivity index (χ4n) is 4.32. The van der Waals surface area contributed by atoms with E-state index >= 15 is 0 Å². The molecule has 3 aromatic rings. The maximum atomic E-state index is 13.4. The molecule has 0 unspecified atom stereocenters. The lowest BCUT2D eigenvalue weighted by atomic mass is 9.80. The molecule has 5 rings (SSSR count). The summed E-state index contributed by atoms with van der Waals surface area (Å²) in [5.41, 5.74) is 6.26. The van der Waals surface area contributed by atoms with Gasteiger partial charge < -0.3 is 5.32 Å². The molecule has 0 saturated heterocycles. The van der Waals surface area contributed by atoms with Crippen LogP contribution in [0.3, 0.4) is 0 Å². The largest absolute Gasteiger partial charge is 0.358 e. The van der Waals surface area contributed by atoms with Crippen molar-refractivity contribution in [2.75, 3.05) is 5.32 Å². The van der Waals surface area contributed by atoms with Gasteiger partial charge in [0.25, 0.3) is 0 Å². The molecule has 1 N–H and O–H groups in total. The van der Waals surface area contributed by atoms with Gasteiger partial charge in [-0.15, -0.1) is 11.8 Å². The summed E-state index contributed by atoms with van der Waals surface area (Å²) in [5, 5.41) is 3.53. The van der Waals surface area contributed by atoms with Crippen molar-refractivity contribution in [3.05, 3.63) is 107 Å². The molecule has 1 aliphatic carbocycles. The minimum Gasteiger partial charge on any atom is -0.358 e. The molecule has 1 heterocycles. The molecule has 0 bridgehead atoms. The summed E-state index contributed by atoms with van der Waals surface area (Å²) in [4.78, 5) is 14.6. The number of para-hydroxylation sites is 1. The Morgan fingerprint density at radius 3 is 2.37 bits per heavy atom. The van der Waals surface area contributed by atoms with Crippen LogP contribution in [0.4, 0.5) is 10.1 Å². The lowest BCUT2D eigenvalue weighted by Crippen LogP contribution is -2.24. The van der Waals surface area contributed by atoms with Crippen molar-refractivity contribution in [3.63, 3.8) is 0 Å². The molecule has 0 radical (unpaired) electrons. The van der Waals surface area contributed by atoms with E-state index in [2.05, 4.69) is 48.6 Å². The monoisotopic (exact) mass is 415 g/mol. The van der Waals surface area contributed by atoms with Gasteiger partial charge in [0.2, 0.25) is 0 Å². The van der Waals surface area contributed by atoms with E-state index in [0.717, 1.165) is 39.4 Å². The van der Waals surface area contributed by atoms with Crippen LogP contribution >= 0.6 is 11.8 Å². The predicted molar refractivity (Wildman–Crippen MR) is 120 cm³/mol. The quantitative estimate of drug-likeness (QED) is 0.499. The van der Waals surface area contributed by atoms with Crippen LogP contribution in [0, 0.1) is 12.7 Å². The van der Waals surface area contributed by atoms with Crippen molar-refractivity contribution in [1.29, 1.82) is 0 Å². The van der Waals surface area contributed by atoms with Crippen molar-refractivity contribution in [1.82, 2.24) is 0 Å². The molecule has 4 heteroatoms. The van der Waals surface area contributed by atoms with Gasteiger partial charge in [0.1, 0.15) is 5.82 Å². The summed E-state index contributed by atoms with van der Waals surface area (Å²) in [6, 6.07) is 23.2. The summed E-state index contributed by atoms with van der Waals surface area (Å²) in [6.45, 7) is 2.07. The normalized spacial score (nSPS) is 20.8. The number of halogens is 1. The first-order valence-electron chi connectivity index (χ1n) is 10.2. The summed E-state index contributed by atoms with van der Waals surface area (Å²) in [7, 11) is 0. The third-order valence-corrected chi connectivity index (χ3v) is 7.26. The van der Waals surface area contributed by atoms with E-state index in [1.807, 2.05) is 12.1 Å². The van der Waals surface area contributed by atoms with Gasteiger partial charge in [-0.25, -0.2) is 4.39 Å². The number of hydrogen-bond donors (Lipinski definition) is 1. The molecule has 150 valence electrons. The maximum Gasteiger partial charge on any atom is 0.162 e. The summed E-state index contributed by atoms with van der Waals surface area (Å²) >= 11 is 1.73. The average Bonchev–Trinajstić information content (AvgIpc) is 2.91. The van der Waals surface area contributed by atoms with E-state index in [0.29, 0.717) is 6.42 Å². The molecule has 0 amide bonds. The molecule has 2 nitrogen and oxygen atoms in total. The maximum absolute atomic E-state index is 13.4. The van der Waals surface area contributed by atoms with Crippen LogP contribution in [0.25, 0.3) is 0 Å². The summed E-state index contributed by atoms with van der Waals surface area (Å²) in [6.07, 6.45) is 1.19. The van der Waals surface area contributed by atoms with Crippen LogP contribution in [-0.4, -0.2) is 5.78 Å². The second kappa shape index (κ2) is 7.77. The Bertz CT molecular complexity index is 1130. The van der Waals surface area contributed by atoms with Crippen molar-refractivity contribution < 1.29 is 9.18 Å². The highest BCUT2D eigenvalue weighted by Gasteiger charge is 2.36. The number of allylic oxidation sites excluding steroid dienone is 1. The zero-order chi connectivity index (χ0) is 20.7. The van der Waals surface area contributed by atoms with Crippen molar-refractivity contribution in [2.24, 2.45) is 0 Å². The number of nitrogens with one attached hydrogen (secondary N) is 1. The molecular weight excluding hydrogens is 393 g/mol. The minimum absolute atomic E-state index is 0.0431. The number of hydrogen-bond acceptors (Lipinski definition) is 3. The number of thioether (sulfide) groups is 1. The number of aryl methyl sites for hydroxylation is 1. The first-order chi connectivity index (χ1) is 14.6. The molecule has 0 saturated carbocycles. The number of carbonyl (C=O) groups excluding carboxylic acids is 1. The van der Waals surface area contributed by atoms with E-state index in [9.17, 15) is 9.18 Å². The van der Waals surface area contributed by atoms with Gasteiger partial charge in [-0.1, -0.05) is 54.1 Å². The fraction of sp³-hybridized carbons (Fsp3) is 0.192. The highest BCUT2D eigenvalue weighted by molar-refractivity contribution is 8.00. The molecule has 3 aromatic carbocycles. The van der Waals surface area contributed by atoms with Crippen molar-refractivity contribution in [2.45, 2.75) is 35.8 Å². The Hall–Kier alpha value is -2.85. The third-order valence-electron chi connectivity index (χ3n) is 5.91. The zero-order valence-corrected chi connectivity index (χ0v) is 17.5. The third kappa shape index (κ3) is 3.56. The number of fused-ring (bicyclic) bond motifs is 1. The topological polar surface area (TPSA) is 29.1 Å². The Kier molecular flexibility index (Phi) is 4.95. The van der Waals surface area contributed by atoms with Crippen molar-refractivity contribution >= 4 is 23.2 Å². The SMILES string of the molecule is Cc1ccc([C@@H]2Sc3ccccc3NC3=C2C(=O)C[C@@H](c2ccc(F)cc2)C3)cc1. The first-order valence-corrected chi connectivity index (χ1v) is 11.1. The highest BCUT2D eigenvalue weighted by Crippen LogP contribution is 2.51. The second-order valence-electron chi connectivity index (χ2n) is 8.00. The van der Waals surface area contributed by atoms with Gasteiger partial charge in [-0.2, -0.15) is 0 Å². The van der Waals surface area contributed by atoms with Gasteiger partial charge >= 0.3 is 0 Å². The summed E-state index contributed by atoms with van der Waals surface area (Å²) < 4.78 is 13.4. The average molecular weight is 416 g/mol. The Morgan fingerprint density at radius 1 is 0.900 bits per heavy atom. The number of benzene rings is 3. The van der Waals surface area contributed by atoms with Gasteiger partial charge in [0.05, 0.1) is 10.9 Å². The summed E-state index contributed by atoms with van der Waals surface area (Å²) in [5.74, 6) is -0.0274. The molecule has 0 spiro atoms. The predicted octanol–water partition coefficient (Wildman–Crippen LogP) is 6.79. The number of rotatable bonds is 2. The molecule has 2 aliphatic rings. The van der Waals surface area contributed by atoms with Gasteiger partial charge in [0.15, 0.2) is 5.78 Å². The van der Waals surface area contributed by atoms with Crippen LogP contribution in [-0.2, 0) is 4.79 Å². The molecule has 2 atom stereocenters. The van der Waals surface area contributed by atoms with Gasteiger partial charge in [0, 0.05) is 22.6 Å². The van der Waals surface area contributed by atoms with E-state index in [1.54, 1.807) is 23.9 Å². The smallest absolute Gasteiger partial charge is 0.162 e. The van der Waals surface area contributed by atoms with Crippen LogP contribution in [0.15, 0.2) is 89.0 Å². The Balaban J connectivity index is 1.60. The highest BCUT2D eigenvalue weighted by atomic mass is 32.2. The van der Waals surface area contributed by atoms with Crippen LogP contribution in [0.5, 0.6) is 0 Å². The second-order valence-corrected chi connectivity index (χ2v) is 9.15. The molecule has 1 aliphatic heterocycles. The van der Waals surface area contributed by atoms with Crippen molar-refractivity contribution in [3.8, 4) is 0 Å². The van der Waals surface area contributed by atoms with E-state index in [4.69, 9.17) is 0 Å². The molecular formula is C26H22FNOS. The number of carbonyl (C=O) groups is 1. The van der Waals surface area contributed by atoms with E-state index in [-0.39, 0.29) is 22.8 Å². The molecule has 0 aromatic heterocycles. The van der Waals surface area contributed by atoms with E-state index in [1.165, 1.54) is 17.7 Å². The Labute approximate surface area is 180 Å². The van der Waals surface area contributed by atoms with Crippen LogP contribution in [0.1, 0.15) is 40.7 Å². The van der Waals surface area contributed by atoms with Crippen LogP contribution in [0.2, 0.25) is 0 Å². The first kappa shape index (κ1) is 19.1. The fourth-order valence-corrected chi connectivity index (χ4v) is 5.66. The Morgan fingerprint density at radius 2 is 1.60 bits per heavy atom. The van der Waals surface area contributed by atoms with Gasteiger partial charge in [-0.05, 0) is 54.7 Å². The van der Waals surface area contributed by atoms with Gasteiger partial charge in [-0.3, -0.25) is 4.79 Å². The number of anilines is 1. The molecule has 0 fully saturated rings. The number of ketones is 1. The van der Waals surface area contributed by atoms with Crippen LogP contribution < -0.4 is 5.32 Å². The molecule has 30 heavy (non-hydrogen) atoms. The standard InChI is InChI=1S/C26H22FNOS/c1-16-6-8-18(9-7-16)26-25-22(28-21-4-2-3-5-24(21)30-26)14-19(15-23(25)29)17-10-12-20(27)13-11-17/h2-13,19,26,28H,14-15H2,1H3/t19-,26-/m0/s1. The van der Waals surface area contributed by atoms with E-state index < -0.39 is 0 Å². The number of Topliss-reactive ketones (excluding diaryl/α,β-unsaturated/α-hetero) is 1. The lowest BCUT2D eigenvalue weighted by Gasteiger charge is -2.29. The zero-order valence-electron chi connectivity index (χ0n) is 16.7.